The highest BCUT2D eigenvalue weighted by atomic mass is 16.5. The molecule has 2 aromatic carbocycles. The maximum atomic E-state index is 12.3. The van der Waals surface area contributed by atoms with Crippen molar-refractivity contribution in [3.05, 3.63) is 59.7 Å². The Bertz CT molecular complexity index is 703. The fourth-order valence-electron chi connectivity index (χ4n) is 2.83. The van der Waals surface area contributed by atoms with Crippen molar-refractivity contribution in [2.45, 2.75) is 12.5 Å². The van der Waals surface area contributed by atoms with Crippen LogP contribution in [0.3, 0.4) is 0 Å². The number of hydrogen-bond donors (Lipinski definition) is 1. The molecule has 0 heterocycles. The number of benzene rings is 2. The van der Waals surface area contributed by atoms with Gasteiger partial charge in [-0.15, -0.1) is 0 Å². The van der Waals surface area contributed by atoms with Crippen LogP contribution in [-0.4, -0.2) is 39.2 Å². The van der Waals surface area contributed by atoms with Gasteiger partial charge in [-0.25, -0.2) is 4.79 Å². The highest BCUT2D eigenvalue weighted by molar-refractivity contribution is 5.75. The second-order valence-corrected chi connectivity index (χ2v) is 5.62. The molecule has 1 N–H and O–H groups in total. The normalized spacial score (nSPS) is 12.9. The molecule has 1 atom stereocenters. The van der Waals surface area contributed by atoms with Gasteiger partial charge in [-0.05, 0) is 30.2 Å². The first-order valence-corrected chi connectivity index (χ1v) is 7.72. The molecular weight excluding hydrogens is 304 g/mol. The van der Waals surface area contributed by atoms with Gasteiger partial charge in [-0.1, -0.05) is 36.4 Å². The van der Waals surface area contributed by atoms with Gasteiger partial charge < -0.3 is 19.7 Å². The summed E-state index contributed by atoms with van der Waals surface area (Å²) in [5.41, 5.74) is 1.27. The molecule has 0 aliphatic carbocycles. The molecule has 5 heteroatoms. The fraction of sp³-hybridized carbons (Fsp3) is 0.316. The van der Waals surface area contributed by atoms with E-state index in [9.17, 15) is 4.79 Å². The third kappa shape index (κ3) is 3.02. The monoisotopic (exact) mass is 328 g/mol. The summed E-state index contributed by atoms with van der Waals surface area (Å²) in [6, 6.07) is 15.4. The van der Waals surface area contributed by atoms with Crippen LogP contribution >= 0.6 is 0 Å². The third-order valence-electron chi connectivity index (χ3n) is 4.47. The van der Waals surface area contributed by atoms with Gasteiger partial charge in [-0.3, -0.25) is 0 Å². The average molecular weight is 328 g/mol. The van der Waals surface area contributed by atoms with Gasteiger partial charge in [0, 0.05) is 14.1 Å². The van der Waals surface area contributed by atoms with Crippen molar-refractivity contribution in [1.82, 2.24) is 10.2 Å². The molecule has 2 aromatic rings. The van der Waals surface area contributed by atoms with Gasteiger partial charge in [0.2, 0.25) is 0 Å². The maximum Gasteiger partial charge on any atom is 0.317 e. The Kier molecular flexibility index (Phi) is 5.34. The molecule has 2 rings (SSSR count). The Balaban J connectivity index is 2.65. The number of amides is 2. The molecule has 0 saturated carbocycles. The summed E-state index contributed by atoms with van der Waals surface area (Å²) in [6.45, 7) is 2.01. The van der Waals surface area contributed by atoms with Gasteiger partial charge >= 0.3 is 6.03 Å². The number of nitrogens with one attached hydrogen (secondary N) is 1. The van der Waals surface area contributed by atoms with Crippen LogP contribution in [0.2, 0.25) is 0 Å². The molecular formula is C19H24N2O3. The summed E-state index contributed by atoms with van der Waals surface area (Å²) in [4.78, 5) is 14.0. The van der Waals surface area contributed by atoms with Crippen molar-refractivity contribution >= 4 is 6.03 Å². The Morgan fingerprint density at radius 1 is 1.00 bits per heavy atom. The van der Waals surface area contributed by atoms with E-state index in [-0.39, 0.29) is 6.03 Å². The molecule has 24 heavy (non-hydrogen) atoms. The summed E-state index contributed by atoms with van der Waals surface area (Å²) in [5.74, 6) is 1.28. The second kappa shape index (κ2) is 7.25. The smallest absolute Gasteiger partial charge is 0.317 e. The van der Waals surface area contributed by atoms with E-state index in [0.29, 0.717) is 11.5 Å². The first-order valence-electron chi connectivity index (χ1n) is 7.72. The molecule has 0 spiro atoms. The van der Waals surface area contributed by atoms with Crippen molar-refractivity contribution in [1.29, 1.82) is 0 Å². The van der Waals surface area contributed by atoms with Crippen LogP contribution in [-0.2, 0) is 5.54 Å². The van der Waals surface area contributed by atoms with Gasteiger partial charge in [-0.2, -0.15) is 0 Å². The Hall–Kier alpha value is -2.69. The fourth-order valence-corrected chi connectivity index (χ4v) is 2.83. The molecule has 0 unspecified atom stereocenters. The Morgan fingerprint density at radius 2 is 1.62 bits per heavy atom. The Morgan fingerprint density at radius 3 is 2.17 bits per heavy atom. The van der Waals surface area contributed by atoms with Gasteiger partial charge in [0.15, 0.2) is 11.5 Å². The number of urea groups is 1. The topological polar surface area (TPSA) is 50.8 Å². The van der Waals surface area contributed by atoms with Crippen molar-refractivity contribution in [2.24, 2.45) is 0 Å². The molecule has 128 valence electrons. The molecule has 0 saturated heterocycles. The highest BCUT2D eigenvalue weighted by Crippen LogP contribution is 2.39. The first-order chi connectivity index (χ1) is 11.5. The molecule has 0 aliphatic heterocycles. The van der Waals surface area contributed by atoms with E-state index < -0.39 is 5.54 Å². The largest absolute Gasteiger partial charge is 0.493 e. The summed E-state index contributed by atoms with van der Waals surface area (Å²) in [5, 5.41) is 2.69. The van der Waals surface area contributed by atoms with Gasteiger partial charge in [0.25, 0.3) is 0 Å². The molecule has 2 amide bonds. The van der Waals surface area contributed by atoms with Crippen LogP contribution in [0.1, 0.15) is 18.1 Å². The lowest BCUT2D eigenvalue weighted by atomic mass is 9.83. The lowest BCUT2D eigenvalue weighted by Crippen LogP contribution is -2.49. The third-order valence-corrected chi connectivity index (χ3v) is 4.47. The predicted octanol–water partition coefficient (Wildman–Crippen LogP) is 3.24. The molecule has 0 bridgehead atoms. The van der Waals surface area contributed by atoms with Crippen LogP contribution in [0.15, 0.2) is 48.5 Å². The van der Waals surface area contributed by atoms with E-state index in [4.69, 9.17) is 9.47 Å². The van der Waals surface area contributed by atoms with Crippen LogP contribution in [0.5, 0.6) is 11.5 Å². The SMILES string of the molecule is CNC(=O)N(C)[C@](C)(c1ccccc1)c1ccc(OC)c(OC)c1. The van der Waals surface area contributed by atoms with Crippen molar-refractivity contribution in [3.63, 3.8) is 0 Å². The predicted molar refractivity (Wildman–Crippen MR) is 94.7 cm³/mol. The van der Waals surface area contributed by atoms with Crippen LogP contribution < -0.4 is 14.8 Å². The van der Waals surface area contributed by atoms with Crippen LogP contribution in [0, 0.1) is 0 Å². The summed E-state index contributed by atoms with van der Waals surface area (Å²) in [6.07, 6.45) is 0. The van der Waals surface area contributed by atoms with Gasteiger partial charge in [0.05, 0.1) is 19.8 Å². The minimum atomic E-state index is -0.666. The zero-order valence-corrected chi connectivity index (χ0v) is 14.8. The molecule has 0 aliphatic rings. The first kappa shape index (κ1) is 17.7. The summed E-state index contributed by atoms with van der Waals surface area (Å²) < 4.78 is 10.8. The minimum Gasteiger partial charge on any atom is -0.493 e. The van der Waals surface area contributed by atoms with Crippen LogP contribution in [0.25, 0.3) is 0 Å². The second-order valence-electron chi connectivity index (χ2n) is 5.62. The van der Waals surface area contributed by atoms with Crippen molar-refractivity contribution in [2.75, 3.05) is 28.3 Å². The Labute approximate surface area is 143 Å². The van der Waals surface area contributed by atoms with E-state index in [0.717, 1.165) is 11.1 Å². The lowest BCUT2D eigenvalue weighted by Gasteiger charge is -2.40. The maximum absolute atomic E-state index is 12.3. The standard InChI is InChI=1S/C19H24N2O3/c1-19(21(3)18(22)20-2,14-9-7-6-8-10-14)15-11-12-16(23-4)17(13-15)24-5/h6-13H,1-5H3,(H,20,22)/t19-/m1/s1. The molecule has 0 radical (unpaired) electrons. The van der Waals surface area contributed by atoms with Crippen molar-refractivity contribution in [3.8, 4) is 11.5 Å². The van der Waals surface area contributed by atoms with Gasteiger partial charge in [0.1, 0.15) is 0 Å². The highest BCUT2D eigenvalue weighted by Gasteiger charge is 2.36. The number of methoxy groups -OCH3 is 2. The number of ether oxygens (including phenoxy) is 2. The zero-order chi connectivity index (χ0) is 17.7. The number of hydrogen-bond acceptors (Lipinski definition) is 3. The van der Waals surface area contributed by atoms with Crippen molar-refractivity contribution < 1.29 is 14.3 Å². The summed E-state index contributed by atoms with van der Waals surface area (Å²) >= 11 is 0. The minimum absolute atomic E-state index is 0.170. The van der Waals surface area contributed by atoms with Crippen LogP contribution in [0.4, 0.5) is 4.79 Å². The average Bonchev–Trinajstić information content (AvgIpc) is 2.66. The number of carbonyl (C=O) groups is 1. The zero-order valence-electron chi connectivity index (χ0n) is 14.8. The molecule has 5 nitrogen and oxygen atoms in total. The van der Waals surface area contributed by atoms with E-state index in [1.54, 1.807) is 33.2 Å². The number of carbonyl (C=O) groups excluding carboxylic acids is 1. The number of rotatable bonds is 5. The molecule has 0 fully saturated rings. The summed E-state index contributed by atoms with van der Waals surface area (Å²) in [7, 11) is 6.61. The quantitative estimate of drug-likeness (QED) is 0.917. The number of nitrogens with zero attached hydrogens (tertiary/aromatic N) is 1. The van der Waals surface area contributed by atoms with E-state index >= 15 is 0 Å². The van der Waals surface area contributed by atoms with E-state index in [1.807, 2.05) is 55.5 Å². The molecule has 0 aromatic heterocycles. The van der Waals surface area contributed by atoms with E-state index in [2.05, 4.69) is 5.32 Å². The van der Waals surface area contributed by atoms with E-state index in [1.165, 1.54) is 0 Å². The lowest BCUT2D eigenvalue weighted by molar-refractivity contribution is 0.168.